The molecule has 2 aliphatic rings. The summed E-state index contributed by atoms with van der Waals surface area (Å²) in [6.07, 6.45) is 22.1. The highest BCUT2D eigenvalue weighted by Gasteiger charge is 2.42. The van der Waals surface area contributed by atoms with Crippen molar-refractivity contribution < 1.29 is 0 Å². The van der Waals surface area contributed by atoms with Gasteiger partial charge in [-0.1, -0.05) is 71.1 Å². The third-order valence-corrected chi connectivity index (χ3v) is 5.36. The lowest BCUT2D eigenvalue weighted by molar-refractivity contribution is 0.400. The quantitative estimate of drug-likeness (QED) is 0.394. The maximum absolute atomic E-state index is 3.74. The molecule has 2 saturated carbocycles. The van der Waals surface area contributed by atoms with Gasteiger partial charge in [0.25, 0.3) is 0 Å². The fourth-order valence-electron chi connectivity index (χ4n) is 3.33. The lowest BCUT2D eigenvalue weighted by atomic mass is 9.97. The Morgan fingerprint density at radius 1 is 0.800 bits per heavy atom. The van der Waals surface area contributed by atoms with E-state index in [1.165, 1.54) is 103 Å². The van der Waals surface area contributed by atoms with Gasteiger partial charge in [-0.3, -0.25) is 0 Å². The van der Waals surface area contributed by atoms with Crippen molar-refractivity contribution >= 4 is 0 Å². The summed E-state index contributed by atoms with van der Waals surface area (Å²) in [6, 6.07) is 0.903. The minimum Gasteiger partial charge on any atom is -0.313 e. The number of hydrogen-bond donors (Lipinski definition) is 1. The van der Waals surface area contributed by atoms with Crippen molar-refractivity contribution in [2.45, 2.75) is 109 Å². The minimum atomic E-state index is 0.753. The Hall–Kier alpha value is -0.0400. The van der Waals surface area contributed by atoms with Crippen molar-refractivity contribution in [2.24, 2.45) is 5.41 Å². The Balaban J connectivity index is 1.33. The molecular formula is C19H37N. The van der Waals surface area contributed by atoms with Crippen LogP contribution in [-0.4, -0.2) is 12.6 Å². The molecule has 1 N–H and O–H groups in total. The van der Waals surface area contributed by atoms with E-state index in [1.807, 2.05) is 0 Å². The molecule has 20 heavy (non-hydrogen) atoms. The third kappa shape index (κ3) is 7.11. The minimum absolute atomic E-state index is 0.753. The summed E-state index contributed by atoms with van der Waals surface area (Å²) in [7, 11) is 0. The van der Waals surface area contributed by atoms with Crippen LogP contribution in [0.4, 0.5) is 0 Å². The molecule has 0 aliphatic heterocycles. The second-order valence-electron chi connectivity index (χ2n) is 7.59. The third-order valence-electron chi connectivity index (χ3n) is 5.36. The van der Waals surface area contributed by atoms with Crippen LogP contribution in [-0.2, 0) is 0 Å². The maximum atomic E-state index is 3.74. The first-order chi connectivity index (χ1) is 9.85. The summed E-state index contributed by atoms with van der Waals surface area (Å²) >= 11 is 0. The first-order valence-electron chi connectivity index (χ1n) is 9.58. The van der Waals surface area contributed by atoms with E-state index in [-0.39, 0.29) is 0 Å². The molecule has 118 valence electrons. The molecule has 0 aromatic rings. The highest BCUT2D eigenvalue weighted by Crippen LogP contribution is 2.49. The molecule has 0 radical (unpaired) electrons. The summed E-state index contributed by atoms with van der Waals surface area (Å²) in [5.74, 6) is 0. The number of hydrogen-bond acceptors (Lipinski definition) is 1. The Labute approximate surface area is 127 Å². The van der Waals surface area contributed by atoms with Crippen LogP contribution in [0.15, 0.2) is 0 Å². The Morgan fingerprint density at radius 2 is 1.35 bits per heavy atom. The molecule has 1 heteroatoms. The van der Waals surface area contributed by atoms with Gasteiger partial charge in [0.15, 0.2) is 0 Å². The molecule has 0 unspecified atom stereocenters. The van der Waals surface area contributed by atoms with Gasteiger partial charge in [0.05, 0.1) is 0 Å². The van der Waals surface area contributed by atoms with E-state index in [1.54, 1.807) is 0 Å². The van der Waals surface area contributed by atoms with Crippen molar-refractivity contribution in [1.82, 2.24) is 5.32 Å². The van der Waals surface area contributed by atoms with E-state index in [0.29, 0.717) is 0 Å². The molecule has 2 aliphatic carbocycles. The standard InChI is InChI=1S/C19H37N/c1-2-3-4-5-6-7-8-9-10-11-14-19(15-16-19)17-20-18-12-13-18/h18,20H,2-17H2,1H3. The molecular weight excluding hydrogens is 242 g/mol. The van der Waals surface area contributed by atoms with Gasteiger partial charge in [-0.25, -0.2) is 0 Å². The maximum Gasteiger partial charge on any atom is 0.00684 e. The van der Waals surface area contributed by atoms with Gasteiger partial charge < -0.3 is 5.32 Å². The summed E-state index contributed by atoms with van der Waals surface area (Å²) in [5.41, 5.74) is 0.753. The summed E-state index contributed by atoms with van der Waals surface area (Å²) in [4.78, 5) is 0. The monoisotopic (exact) mass is 279 g/mol. The molecule has 0 spiro atoms. The van der Waals surface area contributed by atoms with Crippen molar-refractivity contribution in [2.75, 3.05) is 6.54 Å². The first-order valence-corrected chi connectivity index (χ1v) is 9.58. The molecule has 0 saturated heterocycles. The fourth-order valence-corrected chi connectivity index (χ4v) is 3.33. The van der Waals surface area contributed by atoms with Crippen molar-refractivity contribution in [3.8, 4) is 0 Å². The van der Waals surface area contributed by atoms with E-state index in [4.69, 9.17) is 0 Å². The van der Waals surface area contributed by atoms with E-state index >= 15 is 0 Å². The van der Waals surface area contributed by atoms with Crippen molar-refractivity contribution in [3.63, 3.8) is 0 Å². The topological polar surface area (TPSA) is 12.0 Å². The van der Waals surface area contributed by atoms with Crippen LogP contribution in [0, 0.1) is 5.41 Å². The number of unbranched alkanes of at least 4 members (excludes halogenated alkanes) is 9. The normalized spacial score (nSPS) is 20.2. The molecule has 0 heterocycles. The first kappa shape index (κ1) is 16.3. The predicted octanol–water partition coefficient (Wildman–Crippen LogP) is 5.83. The van der Waals surface area contributed by atoms with Gasteiger partial charge in [0.2, 0.25) is 0 Å². The van der Waals surface area contributed by atoms with Crippen LogP contribution in [0.2, 0.25) is 0 Å². The largest absolute Gasteiger partial charge is 0.313 e. The molecule has 0 aromatic carbocycles. The molecule has 0 atom stereocenters. The highest BCUT2D eigenvalue weighted by atomic mass is 15.0. The lowest BCUT2D eigenvalue weighted by Gasteiger charge is -2.15. The van der Waals surface area contributed by atoms with Crippen LogP contribution in [0.5, 0.6) is 0 Å². The fraction of sp³-hybridized carbons (Fsp3) is 1.00. The van der Waals surface area contributed by atoms with E-state index in [0.717, 1.165) is 11.5 Å². The molecule has 0 bridgehead atoms. The van der Waals surface area contributed by atoms with Crippen LogP contribution < -0.4 is 5.32 Å². The average molecular weight is 280 g/mol. The van der Waals surface area contributed by atoms with E-state index in [2.05, 4.69) is 12.2 Å². The SMILES string of the molecule is CCCCCCCCCCCCC1(CNC2CC2)CC1. The Morgan fingerprint density at radius 3 is 1.85 bits per heavy atom. The summed E-state index contributed by atoms with van der Waals surface area (Å²) < 4.78 is 0. The predicted molar refractivity (Wildman–Crippen MR) is 89.2 cm³/mol. The summed E-state index contributed by atoms with van der Waals surface area (Å²) in [6.45, 7) is 3.63. The van der Waals surface area contributed by atoms with E-state index < -0.39 is 0 Å². The Kier molecular flexibility index (Phi) is 7.41. The molecule has 1 nitrogen and oxygen atoms in total. The molecule has 2 rings (SSSR count). The van der Waals surface area contributed by atoms with E-state index in [9.17, 15) is 0 Å². The van der Waals surface area contributed by atoms with Crippen LogP contribution in [0.3, 0.4) is 0 Å². The number of rotatable bonds is 14. The second-order valence-corrected chi connectivity index (χ2v) is 7.59. The van der Waals surface area contributed by atoms with Crippen LogP contribution in [0.25, 0.3) is 0 Å². The average Bonchev–Trinajstić information content (AvgIpc) is 3.35. The van der Waals surface area contributed by atoms with Crippen molar-refractivity contribution in [1.29, 1.82) is 0 Å². The van der Waals surface area contributed by atoms with Crippen LogP contribution >= 0.6 is 0 Å². The Bertz CT molecular complexity index is 240. The number of nitrogens with one attached hydrogen (secondary N) is 1. The second kappa shape index (κ2) is 9.07. The molecule has 0 amide bonds. The van der Waals surface area contributed by atoms with Gasteiger partial charge in [0.1, 0.15) is 0 Å². The zero-order valence-electron chi connectivity index (χ0n) is 13.9. The van der Waals surface area contributed by atoms with Gasteiger partial charge in [-0.05, 0) is 37.5 Å². The van der Waals surface area contributed by atoms with Gasteiger partial charge in [0, 0.05) is 12.6 Å². The zero-order valence-corrected chi connectivity index (χ0v) is 13.9. The summed E-state index contributed by atoms with van der Waals surface area (Å²) in [5, 5.41) is 3.74. The highest BCUT2D eigenvalue weighted by molar-refractivity contribution is 4.96. The van der Waals surface area contributed by atoms with Crippen molar-refractivity contribution in [3.05, 3.63) is 0 Å². The van der Waals surface area contributed by atoms with Gasteiger partial charge >= 0.3 is 0 Å². The molecule has 0 aromatic heterocycles. The zero-order chi connectivity index (χ0) is 14.1. The van der Waals surface area contributed by atoms with Gasteiger partial charge in [-0.2, -0.15) is 0 Å². The smallest absolute Gasteiger partial charge is 0.00684 e. The lowest BCUT2D eigenvalue weighted by Crippen LogP contribution is -2.25. The van der Waals surface area contributed by atoms with Gasteiger partial charge in [-0.15, -0.1) is 0 Å². The molecule has 2 fully saturated rings. The van der Waals surface area contributed by atoms with Crippen LogP contribution in [0.1, 0.15) is 103 Å².